The van der Waals surface area contributed by atoms with Gasteiger partial charge in [-0.15, -0.1) is 0 Å². The lowest BCUT2D eigenvalue weighted by Crippen LogP contribution is -2.60. The van der Waals surface area contributed by atoms with Crippen LogP contribution in [0.4, 0.5) is 0 Å². The van der Waals surface area contributed by atoms with Crippen LogP contribution in [-0.4, -0.2) is 118 Å². The van der Waals surface area contributed by atoms with E-state index in [0.29, 0.717) is 19.3 Å². The van der Waals surface area contributed by atoms with Gasteiger partial charge in [0, 0.05) is 33.6 Å². The largest absolute Gasteiger partial charge is 0.452 e. The number of esters is 1. The van der Waals surface area contributed by atoms with E-state index in [1.54, 1.807) is 13.8 Å². The molecule has 42 heavy (non-hydrogen) atoms. The second-order valence-electron chi connectivity index (χ2n) is 11.5. The number of amides is 5. The van der Waals surface area contributed by atoms with Crippen molar-refractivity contribution in [3.63, 3.8) is 0 Å². The summed E-state index contributed by atoms with van der Waals surface area (Å²) in [6, 6.07) is -3.79. The lowest BCUT2D eigenvalue weighted by molar-refractivity contribution is -0.162. The molecular weight excluding hydrogens is 570 g/mol. The van der Waals surface area contributed by atoms with E-state index in [9.17, 15) is 33.9 Å². The van der Waals surface area contributed by atoms with E-state index in [0.717, 1.165) is 0 Å². The standard InChI is InChI=1S/C28H46ClN5O8/c1-8-16(4)22-27(40)33(7)23(15(2)3)28(41)32(6)17(5)24(37)30-12-11-21(36)42-19(14-20(29)35)26(39)34-13-9-10-18(34)25(38)31-22/h15-20,22-23,35H,8-14H2,1-7H3,(H,30,37)(H,31,38)/t16-,17-,18-,19+,20?,22-,23?/m0/s1. The Morgan fingerprint density at radius 2 is 1.64 bits per heavy atom. The normalized spacial score (nSPS) is 29.3. The molecule has 2 aliphatic rings. The van der Waals surface area contributed by atoms with Crippen molar-refractivity contribution in [3.8, 4) is 0 Å². The number of rotatable bonds is 5. The second kappa shape index (κ2) is 15.5. The van der Waals surface area contributed by atoms with Crippen LogP contribution < -0.4 is 10.6 Å². The van der Waals surface area contributed by atoms with Gasteiger partial charge in [-0.25, -0.2) is 0 Å². The molecule has 5 amide bonds. The number of hydrogen-bond acceptors (Lipinski definition) is 8. The molecule has 7 atom stereocenters. The Morgan fingerprint density at radius 3 is 2.21 bits per heavy atom. The molecule has 0 spiro atoms. The number of fused-ring (bicyclic) bond motifs is 1. The Hall–Kier alpha value is -2.93. The minimum Gasteiger partial charge on any atom is -0.452 e. The Labute approximate surface area is 252 Å². The van der Waals surface area contributed by atoms with Crippen LogP contribution in [0.3, 0.4) is 0 Å². The summed E-state index contributed by atoms with van der Waals surface area (Å²) in [7, 11) is 2.97. The number of alkyl halides is 1. The Bertz CT molecular complexity index is 1020. The maximum absolute atomic E-state index is 13.9. The minimum absolute atomic E-state index is 0.133. The van der Waals surface area contributed by atoms with Gasteiger partial charge in [0.25, 0.3) is 5.91 Å². The van der Waals surface area contributed by atoms with Crippen molar-refractivity contribution in [1.82, 2.24) is 25.3 Å². The molecule has 2 unspecified atom stereocenters. The van der Waals surface area contributed by atoms with E-state index in [4.69, 9.17) is 16.3 Å². The maximum atomic E-state index is 13.9. The topological polar surface area (TPSA) is 166 Å². The van der Waals surface area contributed by atoms with Crippen molar-refractivity contribution in [2.45, 2.75) is 103 Å². The fourth-order valence-corrected chi connectivity index (χ4v) is 5.44. The molecule has 0 aromatic heterocycles. The number of hydrogen-bond donors (Lipinski definition) is 3. The van der Waals surface area contributed by atoms with Crippen LogP contribution in [0.2, 0.25) is 0 Å². The molecule has 2 saturated heterocycles. The van der Waals surface area contributed by atoms with Gasteiger partial charge in [-0.3, -0.25) is 28.8 Å². The highest BCUT2D eigenvalue weighted by atomic mass is 35.5. The van der Waals surface area contributed by atoms with Gasteiger partial charge in [0.15, 0.2) is 6.10 Å². The van der Waals surface area contributed by atoms with Crippen molar-refractivity contribution >= 4 is 47.1 Å². The molecule has 13 nitrogen and oxygen atoms in total. The monoisotopic (exact) mass is 615 g/mol. The SMILES string of the molecule is CC[C@H](C)[C@@H]1NC(=O)[C@@H]2CCCN2C(=O)[C@@H](CC(O)Cl)OC(=O)CCNC(=O)[C@H](C)N(C)C(=O)C(C(C)C)N(C)C1=O. The van der Waals surface area contributed by atoms with Crippen molar-refractivity contribution in [3.05, 3.63) is 0 Å². The van der Waals surface area contributed by atoms with Crippen molar-refractivity contribution < 1.29 is 38.6 Å². The highest BCUT2D eigenvalue weighted by Gasteiger charge is 2.43. The zero-order valence-corrected chi connectivity index (χ0v) is 26.3. The number of likely N-dealkylation sites (N-methyl/N-ethyl adjacent to an activating group) is 2. The van der Waals surface area contributed by atoms with Gasteiger partial charge in [-0.1, -0.05) is 45.7 Å². The number of halogens is 1. The summed E-state index contributed by atoms with van der Waals surface area (Å²) in [5, 5.41) is 15.2. The molecule has 2 heterocycles. The summed E-state index contributed by atoms with van der Waals surface area (Å²) >= 11 is 5.73. The van der Waals surface area contributed by atoms with E-state index >= 15 is 0 Å². The summed E-state index contributed by atoms with van der Waals surface area (Å²) in [6.07, 6.45) is -0.783. The summed E-state index contributed by atoms with van der Waals surface area (Å²) < 4.78 is 5.35. The molecular formula is C28H46ClN5O8. The molecule has 2 fully saturated rings. The van der Waals surface area contributed by atoms with Gasteiger partial charge in [-0.05, 0) is 31.6 Å². The molecule has 0 aromatic carbocycles. The zero-order valence-electron chi connectivity index (χ0n) is 25.6. The molecule has 14 heteroatoms. The number of aliphatic hydroxyl groups is 1. The summed E-state index contributed by atoms with van der Waals surface area (Å²) in [4.78, 5) is 83.9. The quantitative estimate of drug-likeness (QED) is 0.292. The van der Waals surface area contributed by atoms with Crippen LogP contribution >= 0.6 is 11.6 Å². The molecule has 2 rings (SSSR count). The lowest BCUT2D eigenvalue weighted by atomic mass is 9.94. The van der Waals surface area contributed by atoms with Crippen molar-refractivity contribution in [2.75, 3.05) is 27.2 Å². The predicted molar refractivity (Wildman–Crippen MR) is 154 cm³/mol. The van der Waals surface area contributed by atoms with Gasteiger partial charge >= 0.3 is 5.97 Å². The third kappa shape index (κ3) is 8.56. The number of nitrogens with one attached hydrogen (secondary N) is 2. The summed E-state index contributed by atoms with van der Waals surface area (Å²) in [5.41, 5.74) is -1.49. The molecule has 0 bridgehead atoms. The Morgan fingerprint density at radius 1 is 1.00 bits per heavy atom. The molecule has 0 saturated carbocycles. The number of nitrogens with zero attached hydrogens (tertiary/aromatic N) is 3. The highest BCUT2D eigenvalue weighted by Crippen LogP contribution is 2.24. The first kappa shape index (κ1) is 35.3. The maximum Gasteiger partial charge on any atom is 0.308 e. The zero-order chi connectivity index (χ0) is 31.9. The third-order valence-corrected chi connectivity index (χ3v) is 8.34. The smallest absolute Gasteiger partial charge is 0.308 e. The van der Waals surface area contributed by atoms with Gasteiger partial charge in [0.05, 0.1) is 6.42 Å². The number of carbonyl (C=O) groups is 6. The first-order chi connectivity index (χ1) is 19.6. The molecule has 0 radical (unpaired) electrons. The average Bonchev–Trinajstić information content (AvgIpc) is 3.42. The van der Waals surface area contributed by atoms with Crippen LogP contribution in [-0.2, 0) is 33.5 Å². The number of cyclic esters (lactones) is 1. The molecule has 0 aliphatic carbocycles. The number of aliphatic hydroxyl groups excluding tert-OH is 1. The van der Waals surface area contributed by atoms with Gasteiger partial charge in [0.1, 0.15) is 29.7 Å². The van der Waals surface area contributed by atoms with E-state index in [-0.39, 0.29) is 31.3 Å². The Balaban J connectivity index is 2.54. The second-order valence-corrected chi connectivity index (χ2v) is 12.0. The third-order valence-electron chi connectivity index (χ3n) is 8.16. The molecule has 238 valence electrons. The van der Waals surface area contributed by atoms with Gasteiger partial charge in [-0.2, -0.15) is 0 Å². The Kier molecular flexibility index (Phi) is 13.0. The molecule has 0 aromatic rings. The van der Waals surface area contributed by atoms with E-state index in [1.165, 1.54) is 35.7 Å². The van der Waals surface area contributed by atoms with Crippen LogP contribution in [0.1, 0.15) is 66.7 Å². The van der Waals surface area contributed by atoms with E-state index in [1.807, 2.05) is 13.8 Å². The van der Waals surface area contributed by atoms with Crippen LogP contribution in [0.15, 0.2) is 0 Å². The summed E-state index contributed by atoms with van der Waals surface area (Å²) in [6.45, 7) is 8.86. The first-order valence-electron chi connectivity index (χ1n) is 14.6. The highest BCUT2D eigenvalue weighted by molar-refractivity contribution is 6.19. The van der Waals surface area contributed by atoms with E-state index in [2.05, 4.69) is 10.6 Å². The lowest BCUT2D eigenvalue weighted by Gasteiger charge is -2.38. The fourth-order valence-electron chi connectivity index (χ4n) is 5.28. The summed E-state index contributed by atoms with van der Waals surface area (Å²) in [5.74, 6) is -4.13. The number of ether oxygens (including phenoxy) is 1. The van der Waals surface area contributed by atoms with E-state index < -0.39 is 77.8 Å². The van der Waals surface area contributed by atoms with Crippen LogP contribution in [0.25, 0.3) is 0 Å². The van der Waals surface area contributed by atoms with Crippen molar-refractivity contribution in [2.24, 2.45) is 11.8 Å². The predicted octanol–water partition coefficient (Wildman–Crippen LogP) is 0.217. The first-order valence-corrected chi connectivity index (χ1v) is 15.0. The minimum atomic E-state index is -1.49. The number of carbonyl (C=O) groups excluding carboxylic acids is 6. The van der Waals surface area contributed by atoms with Crippen LogP contribution in [0, 0.1) is 11.8 Å². The van der Waals surface area contributed by atoms with Crippen molar-refractivity contribution in [1.29, 1.82) is 0 Å². The fraction of sp³-hybridized carbons (Fsp3) is 0.786. The van der Waals surface area contributed by atoms with Gasteiger partial charge in [0.2, 0.25) is 23.6 Å². The van der Waals surface area contributed by atoms with Crippen LogP contribution in [0.5, 0.6) is 0 Å². The average molecular weight is 616 g/mol. The molecule has 3 N–H and O–H groups in total. The molecule has 2 aliphatic heterocycles. The van der Waals surface area contributed by atoms with Gasteiger partial charge < -0.3 is 35.2 Å².